The first-order valence-electron chi connectivity index (χ1n) is 14.9. The fourth-order valence-electron chi connectivity index (χ4n) is 2.96. The van der Waals surface area contributed by atoms with Crippen LogP contribution in [0, 0.1) is 0 Å². The molecule has 0 rings (SSSR count). The lowest BCUT2D eigenvalue weighted by Gasteiger charge is -2.09. The van der Waals surface area contributed by atoms with Gasteiger partial charge in [-0.2, -0.15) is 0 Å². The Morgan fingerprint density at radius 2 is 0.837 bits per heavy atom. The van der Waals surface area contributed by atoms with E-state index in [9.17, 15) is 14.4 Å². The van der Waals surface area contributed by atoms with Crippen LogP contribution in [0.15, 0.2) is 0 Å². The number of carboxylic acid groups (broad SMARTS) is 1. The predicted octanol–water partition coefficient (Wildman–Crippen LogP) is 0.460. The molecule has 0 bridgehead atoms. The molecule has 0 atom stereocenters. The fourth-order valence-corrected chi connectivity index (χ4v) is 2.96. The monoisotopic (exact) mass is 627 g/mol. The summed E-state index contributed by atoms with van der Waals surface area (Å²) in [7, 11) is 0. The third-order valence-corrected chi connectivity index (χ3v) is 5.09. The zero-order valence-electron chi connectivity index (χ0n) is 25.7. The van der Waals surface area contributed by atoms with Gasteiger partial charge in [0.2, 0.25) is 5.91 Å². The lowest BCUT2D eigenvalue weighted by atomic mass is 10.3. The highest BCUT2D eigenvalue weighted by Crippen LogP contribution is 1.91. The zero-order valence-corrected chi connectivity index (χ0v) is 25.7. The van der Waals surface area contributed by atoms with Gasteiger partial charge in [0.25, 0.3) is 0 Å². The number of carboxylic acids is 1. The Morgan fingerprint density at radius 1 is 0.488 bits per heavy atom. The van der Waals surface area contributed by atoms with Crippen LogP contribution in [-0.2, 0) is 61.8 Å². The highest BCUT2D eigenvalue weighted by Gasteiger charge is 2.04. The number of hydrogen-bond acceptors (Lipinski definition) is 13. The zero-order chi connectivity index (χ0) is 31.5. The first kappa shape index (κ1) is 41.0. The third-order valence-electron chi connectivity index (χ3n) is 5.09. The van der Waals surface area contributed by atoms with Gasteiger partial charge in [0.15, 0.2) is 0 Å². The molecule has 0 aromatic carbocycles. The van der Waals surface area contributed by atoms with Crippen molar-refractivity contribution in [3.8, 4) is 0 Å². The van der Waals surface area contributed by atoms with Crippen molar-refractivity contribution < 1.29 is 66.9 Å². The van der Waals surface area contributed by atoms with E-state index in [0.29, 0.717) is 138 Å². The number of hydrogen-bond donors (Lipinski definition) is 2. The SMILES string of the molecule is CCOC(=O)CCOCCOCCOCCOCCOCCOCCOCCOCCOCCCNC(=O)CCC(=O)O. The van der Waals surface area contributed by atoms with Crippen molar-refractivity contribution in [3.63, 3.8) is 0 Å². The lowest BCUT2D eigenvalue weighted by Crippen LogP contribution is -2.25. The summed E-state index contributed by atoms with van der Waals surface area (Å²) in [4.78, 5) is 32.9. The van der Waals surface area contributed by atoms with Crippen LogP contribution in [0.5, 0.6) is 0 Å². The number of carbonyl (C=O) groups is 3. The van der Waals surface area contributed by atoms with Crippen molar-refractivity contribution in [1.82, 2.24) is 5.32 Å². The van der Waals surface area contributed by atoms with Gasteiger partial charge in [0, 0.05) is 19.6 Å². The van der Waals surface area contributed by atoms with Gasteiger partial charge in [-0.15, -0.1) is 0 Å². The Bertz CT molecular complexity index is 641. The minimum atomic E-state index is -0.985. The Labute approximate surface area is 255 Å². The van der Waals surface area contributed by atoms with Crippen molar-refractivity contribution in [1.29, 1.82) is 0 Å². The molecule has 0 aliphatic rings. The molecule has 254 valence electrons. The molecule has 0 saturated carbocycles. The van der Waals surface area contributed by atoms with E-state index in [1.807, 2.05) is 0 Å². The van der Waals surface area contributed by atoms with Gasteiger partial charge in [-0.25, -0.2) is 0 Å². The maximum Gasteiger partial charge on any atom is 0.308 e. The van der Waals surface area contributed by atoms with Gasteiger partial charge in [0.1, 0.15) is 0 Å². The molecular formula is C28H53NO14. The van der Waals surface area contributed by atoms with Gasteiger partial charge in [-0.05, 0) is 13.3 Å². The highest BCUT2D eigenvalue weighted by molar-refractivity contribution is 5.80. The van der Waals surface area contributed by atoms with Crippen molar-refractivity contribution in [2.45, 2.75) is 32.6 Å². The van der Waals surface area contributed by atoms with Crippen LogP contribution in [0.1, 0.15) is 32.6 Å². The summed E-state index contributed by atoms with van der Waals surface area (Å²) < 4.78 is 53.4. The molecule has 1 amide bonds. The molecule has 0 radical (unpaired) electrons. The Hall–Kier alpha value is -1.95. The number of nitrogens with one attached hydrogen (secondary N) is 1. The van der Waals surface area contributed by atoms with Gasteiger partial charge in [-0.1, -0.05) is 0 Å². The molecule has 15 heteroatoms. The summed E-state index contributed by atoms with van der Waals surface area (Å²) in [6.07, 6.45) is 0.720. The van der Waals surface area contributed by atoms with Crippen LogP contribution in [-0.4, -0.2) is 155 Å². The summed E-state index contributed by atoms with van der Waals surface area (Å²) >= 11 is 0. The molecule has 0 unspecified atom stereocenters. The molecule has 0 fully saturated rings. The predicted molar refractivity (Wildman–Crippen MR) is 153 cm³/mol. The molecule has 0 aliphatic carbocycles. The largest absolute Gasteiger partial charge is 0.481 e. The molecule has 0 aliphatic heterocycles. The average molecular weight is 628 g/mol. The average Bonchev–Trinajstić information content (AvgIpc) is 2.99. The van der Waals surface area contributed by atoms with Gasteiger partial charge < -0.3 is 57.8 Å². The van der Waals surface area contributed by atoms with Crippen molar-refractivity contribution in [2.75, 3.05) is 132 Å². The van der Waals surface area contributed by atoms with E-state index in [4.69, 9.17) is 52.5 Å². The van der Waals surface area contributed by atoms with E-state index < -0.39 is 5.97 Å². The number of carbonyl (C=O) groups excluding carboxylic acids is 2. The summed E-state index contributed by atoms with van der Waals surface area (Å²) in [6.45, 7) is 10.8. The second-order valence-corrected chi connectivity index (χ2v) is 8.66. The van der Waals surface area contributed by atoms with Gasteiger partial charge in [0.05, 0.1) is 132 Å². The quantitative estimate of drug-likeness (QED) is 0.0732. The third kappa shape index (κ3) is 36.1. The summed E-state index contributed by atoms with van der Waals surface area (Å²) in [5.74, 6) is -1.51. The molecule has 43 heavy (non-hydrogen) atoms. The van der Waals surface area contributed by atoms with Crippen LogP contribution < -0.4 is 5.32 Å². The first-order chi connectivity index (χ1) is 21.1. The minimum Gasteiger partial charge on any atom is -0.481 e. The number of amides is 1. The van der Waals surface area contributed by atoms with E-state index in [2.05, 4.69) is 5.32 Å². The van der Waals surface area contributed by atoms with Crippen molar-refractivity contribution >= 4 is 17.8 Å². The van der Waals surface area contributed by atoms with Crippen LogP contribution in [0.2, 0.25) is 0 Å². The van der Waals surface area contributed by atoms with E-state index in [1.54, 1.807) is 6.92 Å². The van der Waals surface area contributed by atoms with E-state index in [1.165, 1.54) is 0 Å². The molecule has 0 heterocycles. The Kier molecular flexibility index (Phi) is 33.0. The second-order valence-electron chi connectivity index (χ2n) is 8.66. The normalized spacial score (nSPS) is 11.1. The Morgan fingerprint density at radius 3 is 1.19 bits per heavy atom. The summed E-state index contributed by atoms with van der Waals surface area (Å²) in [5, 5.41) is 11.2. The lowest BCUT2D eigenvalue weighted by molar-refractivity contribution is -0.144. The first-order valence-corrected chi connectivity index (χ1v) is 14.9. The fraction of sp³-hybridized carbons (Fsp3) is 0.893. The van der Waals surface area contributed by atoms with Crippen molar-refractivity contribution in [3.05, 3.63) is 0 Å². The van der Waals surface area contributed by atoms with E-state index >= 15 is 0 Å². The molecule has 15 nitrogen and oxygen atoms in total. The second kappa shape index (κ2) is 34.5. The minimum absolute atomic E-state index is 0.0120. The van der Waals surface area contributed by atoms with E-state index in [0.717, 1.165) is 0 Å². The Balaban J connectivity index is 3.10. The molecule has 0 aromatic heterocycles. The standard InChI is InChI=1S/C28H53NO14/c1-2-43-28(33)6-9-35-11-13-37-15-17-39-19-21-41-23-25-42-24-22-40-20-18-38-16-14-36-12-10-34-8-3-7-29-26(30)4-5-27(31)32/h2-25H2,1H3,(H,29,30)(H,31,32). The smallest absolute Gasteiger partial charge is 0.308 e. The van der Waals surface area contributed by atoms with Crippen molar-refractivity contribution in [2.24, 2.45) is 0 Å². The molecule has 0 saturated heterocycles. The van der Waals surface area contributed by atoms with Gasteiger partial charge in [-0.3, -0.25) is 14.4 Å². The topological polar surface area (TPSA) is 176 Å². The van der Waals surface area contributed by atoms with Gasteiger partial charge >= 0.3 is 11.9 Å². The summed E-state index contributed by atoms with van der Waals surface area (Å²) in [6, 6.07) is 0. The summed E-state index contributed by atoms with van der Waals surface area (Å²) in [5.41, 5.74) is 0. The van der Waals surface area contributed by atoms with E-state index in [-0.39, 0.29) is 31.1 Å². The molecule has 0 spiro atoms. The highest BCUT2D eigenvalue weighted by atomic mass is 16.6. The molecule has 0 aromatic rings. The number of rotatable bonds is 35. The maximum atomic E-state index is 11.3. The van der Waals surface area contributed by atoms with Crippen LogP contribution in [0.3, 0.4) is 0 Å². The van der Waals surface area contributed by atoms with Crippen LogP contribution in [0.25, 0.3) is 0 Å². The number of aliphatic carboxylic acids is 1. The number of ether oxygens (including phenoxy) is 10. The molecular weight excluding hydrogens is 574 g/mol. The molecule has 2 N–H and O–H groups in total. The number of esters is 1. The maximum absolute atomic E-state index is 11.3. The van der Waals surface area contributed by atoms with Crippen LogP contribution in [0.4, 0.5) is 0 Å². The van der Waals surface area contributed by atoms with Crippen LogP contribution >= 0.6 is 0 Å².